The molecular formula is C25H28N2O7. The molecule has 1 unspecified atom stereocenters. The first-order valence-corrected chi connectivity index (χ1v) is 10.9. The molecule has 0 radical (unpaired) electrons. The Morgan fingerprint density at radius 3 is 2.38 bits per heavy atom. The number of ketones is 1. The second kappa shape index (κ2) is 10.1. The number of non-ortho nitro benzene ring substituents is 1. The van der Waals surface area contributed by atoms with Gasteiger partial charge in [-0.15, -0.1) is 0 Å². The molecule has 2 aromatic rings. The van der Waals surface area contributed by atoms with Crippen LogP contribution in [0.5, 0.6) is 0 Å². The summed E-state index contributed by atoms with van der Waals surface area (Å²) in [5.41, 5.74) is 1.24. The monoisotopic (exact) mass is 468 g/mol. The van der Waals surface area contributed by atoms with Crippen molar-refractivity contribution in [3.05, 3.63) is 80.9 Å². The molecule has 9 heteroatoms. The van der Waals surface area contributed by atoms with Crippen molar-refractivity contribution in [2.45, 2.75) is 32.2 Å². The number of nitro groups is 1. The van der Waals surface area contributed by atoms with Crippen molar-refractivity contribution in [1.29, 1.82) is 0 Å². The van der Waals surface area contributed by atoms with E-state index in [4.69, 9.17) is 9.84 Å². The van der Waals surface area contributed by atoms with Crippen LogP contribution in [0.3, 0.4) is 0 Å². The van der Waals surface area contributed by atoms with Crippen LogP contribution in [0.1, 0.15) is 43.5 Å². The van der Waals surface area contributed by atoms with E-state index in [1.165, 1.54) is 23.1 Å². The number of carbonyl (C=O) groups excluding carboxylic acids is 2. The summed E-state index contributed by atoms with van der Waals surface area (Å²) in [6.07, 6.45) is 0. The number of carbonyl (C=O) groups is 2. The van der Waals surface area contributed by atoms with Crippen molar-refractivity contribution in [3.63, 3.8) is 0 Å². The van der Waals surface area contributed by atoms with E-state index in [0.29, 0.717) is 5.56 Å². The van der Waals surface area contributed by atoms with Gasteiger partial charge in [-0.3, -0.25) is 19.7 Å². The number of Topliss-reactive ketones (excluding diaryl/α,β-unsaturated/α-hetero) is 1. The zero-order chi connectivity index (χ0) is 25.0. The highest BCUT2D eigenvalue weighted by atomic mass is 16.6. The summed E-state index contributed by atoms with van der Waals surface area (Å²) in [7, 11) is 0. The van der Waals surface area contributed by atoms with Crippen molar-refractivity contribution in [2.75, 3.05) is 26.4 Å². The van der Waals surface area contributed by atoms with Gasteiger partial charge >= 0.3 is 0 Å². The van der Waals surface area contributed by atoms with Gasteiger partial charge in [-0.25, -0.2) is 0 Å². The normalized spacial score (nSPS) is 17.9. The molecule has 0 aliphatic carbocycles. The molecule has 9 nitrogen and oxygen atoms in total. The lowest BCUT2D eigenvalue weighted by Crippen LogP contribution is -2.33. The molecule has 2 N–H and O–H groups in total. The molecule has 1 fully saturated rings. The van der Waals surface area contributed by atoms with Crippen molar-refractivity contribution < 1.29 is 29.5 Å². The number of likely N-dealkylation sites (tertiary alicyclic amines) is 1. The highest BCUT2D eigenvalue weighted by Crippen LogP contribution is 2.40. The van der Waals surface area contributed by atoms with Gasteiger partial charge in [0, 0.05) is 24.2 Å². The predicted octanol–water partition coefficient (Wildman–Crippen LogP) is 3.32. The zero-order valence-electron chi connectivity index (χ0n) is 19.4. The van der Waals surface area contributed by atoms with Crippen molar-refractivity contribution in [3.8, 4) is 0 Å². The minimum absolute atomic E-state index is 0.0575. The van der Waals surface area contributed by atoms with Gasteiger partial charge in [-0.05, 0) is 16.5 Å². The lowest BCUT2D eigenvalue weighted by molar-refractivity contribution is -0.384. The van der Waals surface area contributed by atoms with Gasteiger partial charge in [0.05, 0.1) is 36.4 Å². The lowest BCUT2D eigenvalue weighted by Gasteiger charge is -2.26. The molecule has 2 aromatic carbocycles. The summed E-state index contributed by atoms with van der Waals surface area (Å²) < 4.78 is 5.29. The standard InChI is InChI=1S/C25H28N2O7/c1-25(2,3)18-9-7-16(8-10-18)21-20(22(29)17-5-4-6-19(15-17)27(32)33)23(30)24(31)26(21)11-13-34-14-12-28/h4-10,15,21,28-29H,11-14H2,1-3H3. The first kappa shape index (κ1) is 25.1. The highest BCUT2D eigenvalue weighted by Gasteiger charge is 2.46. The van der Waals surface area contributed by atoms with Crippen LogP contribution >= 0.6 is 0 Å². The average molecular weight is 469 g/mol. The van der Waals surface area contributed by atoms with E-state index in [0.717, 1.165) is 11.6 Å². The molecular weight excluding hydrogens is 440 g/mol. The van der Waals surface area contributed by atoms with Crippen LogP contribution < -0.4 is 0 Å². The first-order valence-electron chi connectivity index (χ1n) is 10.9. The molecule has 1 atom stereocenters. The topological polar surface area (TPSA) is 130 Å². The Balaban J connectivity index is 2.11. The molecule has 180 valence electrons. The molecule has 0 aromatic heterocycles. The summed E-state index contributed by atoms with van der Waals surface area (Å²) in [6, 6.07) is 11.8. The van der Waals surface area contributed by atoms with E-state index in [1.807, 2.05) is 12.1 Å². The number of nitrogens with zero attached hydrogens (tertiary/aromatic N) is 2. The first-order chi connectivity index (χ1) is 16.1. The number of rotatable bonds is 8. The Labute approximate surface area is 197 Å². The van der Waals surface area contributed by atoms with Crippen molar-refractivity contribution >= 4 is 23.1 Å². The second-order valence-corrected chi connectivity index (χ2v) is 9.01. The Hall–Kier alpha value is -3.56. The maximum Gasteiger partial charge on any atom is 0.295 e. The Kier molecular flexibility index (Phi) is 7.48. The minimum atomic E-state index is -0.897. The summed E-state index contributed by atoms with van der Waals surface area (Å²) in [6.45, 7) is 6.24. The Bertz CT molecular complexity index is 1120. The van der Waals surface area contributed by atoms with Crippen molar-refractivity contribution in [2.24, 2.45) is 0 Å². The van der Waals surface area contributed by atoms with Gasteiger partial charge in [-0.2, -0.15) is 0 Å². The number of benzene rings is 2. The van der Waals surface area contributed by atoms with Crippen LogP contribution in [0, 0.1) is 10.1 Å². The number of hydrogen-bond acceptors (Lipinski definition) is 7. The SMILES string of the molecule is CC(C)(C)c1ccc(C2C(=C(O)c3cccc([N+](=O)[O-])c3)C(=O)C(=O)N2CCOCCO)cc1. The fourth-order valence-corrected chi connectivity index (χ4v) is 3.87. The predicted molar refractivity (Wildman–Crippen MR) is 125 cm³/mol. The lowest BCUT2D eigenvalue weighted by atomic mass is 9.85. The molecule has 1 saturated heterocycles. The molecule has 0 bridgehead atoms. The third-order valence-electron chi connectivity index (χ3n) is 5.67. The van der Waals surface area contributed by atoms with Gasteiger partial charge in [0.2, 0.25) is 0 Å². The van der Waals surface area contributed by atoms with Crippen LogP contribution in [0.4, 0.5) is 5.69 Å². The number of aliphatic hydroxyl groups is 2. The molecule has 1 aliphatic rings. The fraction of sp³-hybridized carbons (Fsp3) is 0.360. The zero-order valence-corrected chi connectivity index (χ0v) is 19.4. The summed E-state index contributed by atoms with van der Waals surface area (Å²) >= 11 is 0. The molecule has 1 aliphatic heterocycles. The molecule has 1 amide bonds. The third-order valence-corrected chi connectivity index (χ3v) is 5.67. The summed E-state index contributed by atoms with van der Waals surface area (Å²) in [5.74, 6) is -2.16. The van der Waals surface area contributed by atoms with Crippen LogP contribution in [-0.4, -0.2) is 58.1 Å². The van der Waals surface area contributed by atoms with E-state index in [1.54, 1.807) is 12.1 Å². The number of amides is 1. The van der Waals surface area contributed by atoms with Crippen molar-refractivity contribution in [1.82, 2.24) is 4.90 Å². The fourth-order valence-electron chi connectivity index (χ4n) is 3.87. The minimum Gasteiger partial charge on any atom is -0.507 e. The largest absolute Gasteiger partial charge is 0.507 e. The van der Waals surface area contributed by atoms with Gasteiger partial charge in [0.25, 0.3) is 17.4 Å². The van der Waals surface area contributed by atoms with E-state index in [-0.39, 0.29) is 48.6 Å². The summed E-state index contributed by atoms with van der Waals surface area (Å²) in [5, 5.41) is 31.2. The number of hydrogen-bond donors (Lipinski definition) is 2. The van der Waals surface area contributed by atoms with Crippen LogP contribution in [0.25, 0.3) is 5.76 Å². The maximum atomic E-state index is 13.0. The Morgan fingerprint density at radius 2 is 1.79 bits per heavy atom. The van der Waals surface area contributed by atoms with Crippen LogP contribution in [0.15, 0.2) is 54.1 Å². The average Bonchev–Trinajstić information content (AvgIpc) is 3.06. The molecule has 0 saturated carbocycles. The number of nitro benzene ring substituents is 1. The van der Waals surface area contributed by atoms with Crippen LogP contribution in [0.2, 0.25) is 0 Å². The smallest absolute Gasteiger partial charge is 0.295 e. The molecule has 1 heterocycles. The molecule has 0 spiro atoms. The van der Waals surface area contributed by atoms with E-state index in [2.05, 4.69) is 20.8 Å². The number of aliphatic hydroxyl groups excluding tert-OH is 2. The quantitative estimate of drug-likeness (QED) is 0.152. The summed E-state index contributed by atoms with van der Waals surface area (Å²) in [4.78, 5) is 37.8. The van der Waals surface area contributed by atoms with Gasteiger partial charge in [0.1, 0.15) is 5.76 Å². The van der Waals surface area contributed by atoms with Gasteiger partial charge in [0.15, 0.2) is 0 Å². The van der Waals surface area contributed by atoms with E-state index in [9.17, 15) is 24.8 Å². The number of ether oxygens (including phenoxy) is 1. The highest BCUT2D eigenvalue weighted by molar-refractivity contribution is 6.46. The van der Waals surface area contributed by atoms with Gasteiger partial charge < -0.3 is 19.8 Å². The van der Waals surface area contributed by atoms with Crippen LogP contribution in [-0.2, 0) is 19.7 Å². The molecule has 3 rings (SSSR count). The van der Waals surface area contributed by atoms with Gasteiger partial charge in [-0.1, -0.05) is 57.2 Å². The Morgan fingerprint density at radius 1 is 1.12 bits per heavy atom. The third kappa shape index (κ3) is 5.16. The maximum absolute atomic E-state index is 13.0. The van der Waals surface area contributed by atoms with E-state index < -0.39 is 28.4 Å². The van der Waals surface area contributed by atoms with E-state index >= 15 is 0 Å². The molecule has 34 heavy (non-hydrogen) atoms. The second-order valence-electron chi connectivity index (χ2n) is 9.01.